The number of hydrogen-bond acceptors (Lipinski definition) is 9. The summed E-state index contributed by atoms with van der Waals surface area (Å²) in [6.07, 6.45) is 14.6. The monoisotopic (exact) mass is 640 g/mol. The Bertz CT molecular complexity index is 1130. The van der Waals surface area contributed by atoms with Gasteiger partial charge in [0.05, 0.1) is 29.3 Å². The van der Waals surface area contributed by atoms with Crippen LogP contribution in [0, 0.1) is 12.8 Å². The maximum absolute atomic E-state index is 12.3. The van der Waals surface area contributed by atoms with Crippen LogP contribution in [0.15, 0.2) is 61.8 Å². The minimum absolute atomic E-state index is 0.0980. The maximum Gasteiger partial charge on any atom is 0.241 e. The summed E-state index contributed by atoms with van der Waals surface area (Å²) >= 11 is 3.16. The van der Waals surface area contributed by atoms with E-state index in [0.29, 0.717) is 30.2 Å². The molecule has 0 saturated heterocycles. The lowest BCUT2D eigenvalue weighted by molar-refractivity contribution is -0.109. The average molecular weight is 641 g/mol. The van der Waals surface area contributed by atoms with E-state index in [-0.39, 0.29) is 4.90 Å². The molecule has 2 rings (SSSR count). The molecule has 1 aromatic carbocycles. The summed E-state index contributed by atoms with van der Waals surface area (Å²) in [5.41, 5.74) is 3.55. The van der Waals surface area contributed by atoms with Crippen LogP contribution in [0.3, 0.4) is 0 Å². The molecule has 0 aliphatic carbocycles. The van der Waals surface area contributed by atoms with E-state index in [2.05, 4.69) is 73.9 Å². The number of benzene rings is 1. The molecule has 0 bridgehead atoms. The van der Waals surface area contributed by atoms with Gasteiger partial charge in [-0.15, -0.1) is 36.4 Å². The SMILES string of the molecule is C#C.C=CSCC(CC)=NCCN(C)C.CC.CCC.CSC=NCCC(C=O)NS(=O)(=O)c1ccc2occc2c1. The number of hydrogen-bond donors (Lipinski definition) is 1. The van der Waals surface area contributed by atoms with E-state index in [1.54, 1.807) is 29.4 Å². The minimum atomic E-state index is -3.76. The van der Waals surface area contributed by atoms with Gasteiger partial charge in [0.1, 0.15) is 11.9 Å². The number of nitrogens with zero attached hydrogens (tertiary/aromatic N) is 3. The molecule has 2 aromatic rings. The zero-order valence-corrected chi connectivity index (χ0v) is 29.2. The van der Waals surface area contributed by atoms with Gasteiger partial charge in [0.2, 0.25) is 10.0 Å². The Kier molecular flexibility index (Phi) is 31.6. The molecular weight excluding hydrogens is 589 g/mol. The van der Waals surface area contributed by atoms with E-state index in [0.717, 1.165) is 25.3 Å². The number of aliphatic imine (C=N–C) groups is 2. The van der Waals surface area contributed by atoms with Crippen LogP contribution in [0.2, 0.25) is 0 Å². The van der Waals surface area contributed by atoms with Gasteiger partial charge in [-0.3, -0.25) is 9.98 Å². The largest absolute Gasteiger partial charge is 0.464 e. The molecule has 0 saturated carbocycles. The molecule has 1 atom stereocenters. The molecule has 0 amide bonds. The molecule has 0 spiro atoms. The first-order valence-corrected chi connectivity index (χ1v) is 17.7. The Hall–Kier alpha value is -2.36. The van der Waals surface area contributed by atoms with E-state index >= 15 is 0 Å². The molecule has 1 aromatic heterocycles. The Labute approximate surface area is 264 Å². The third-order valence-electron chi connectivity index (χ3n) is 4.61. The third-order valence-corrected chi connectivity index (χ3v) is 7.20. The summed E-state index contributed by atoms with van der Waals surface area (Å²) in [5.74, 6) is 0.993. The van der Waals surface area contributed by atoms with Gasteiger partial charge in [-0.2, -0.15) is 0 Å². The number of rotatable bonds is 15. The fourth-order valence-corrected chi connectivity index (χ4v) is 4.80. The summed E-state index contributed by atoms with van der Waals surface area (Å²) in [7, 11) is 0.375. The molecule has 42 heavy (non-hydrogen) atoms. The topological polar surface area (TPSA) is 104 Å². The van der Waals surface area contributed by atoms with Gasteiger partial charge >= 0.3 is 0 Å². The number of sulfonamides is 1. The fourth-order valence-electron chi connectivity index (χ4n) is 2.70. The lowest BCUT2D eigenvalue weighted by Gasteiger charge is -2.12. The van der Waals surface area contributed by atoms with Crippen molar-refractivity contribution in [3.8, 4) is 12.8 Å². The molecule has 11 heteroatoms. The van der Waals surface area contributed by atoms with E-state index in [1.165, 1.54) is 42.3 Å². The molecule has 0 radical (unpaired) electrons. The first-order valence-electron chi connectivity index (χ1n) is 13.9. The Morgan fingerprint density at radius 3 is 2.33 bits per heavy atom. The summed E-state index contributed by atoms with van der Waals surface area (Å²) in [6.45, 7) is 16.4. The number of furan rings is 1. The predicted octanol–water partition coefficient (Wildman–Crippen LogP) is 7.03. The number of nitrogens with one attached hydrogen (secondary N) is 1. The van der Waals surface area contributed by atoms with Crippen molar-refractivity contribution in [3.63, 3.8) is 0 Å². The average Bonchev–Trinajstić information content (AvgIpc) is 3.47. The number of likely N-dealkylation sites (N-methyl/N-ethyl adjacent to an activating group) is 1. The fraction of sp³-hybridized carbons (Fsp3) is 0.516. The van der Waals surface area contributed by atoms with E-state index in [1.807, 2.05) is 25.5 Å². The van der Waals surface area contributed by atoms with Crippen LogP contribution in [0.25, 0.3) is 11.0 Å². The Morgan fingerprint density at radius 1 is 1.17 bits per heavy atom. The molecule has 238 valence electrons. The summed E-state index contributed by atoms with van der Waals surface area (Å²) in [5, 5.41) is 2.56. The smallest absolute Gasteiger partial charge is 0.241 e. The van der Waals surface area contributed by atoms with Crippen LogP contribution in [-0.2, 0) is 14.8 Å². The summed E-state index contributed by atoms with van der Waals surface area (Å²) < 4.78 is 32.2. The van der Waals surface area contributed by atoms with E-state index in [9.17, 15) is 13.2 Å². The predicted molar refractivity (Wildman–Crippen MR) is 189 cm³/mol. The van der Waals surface area contributed by atoms with Crippen molar-refractivity contribution in [1.82, 2.24) is 9.62 Å². The van der Waals surface area contributed by atoms with Gasteiger partial charge in [0, 0.05) is 29.9 Å². The first-order chi connectivity index (χ1) is 20.2. The van der Waals surface area contributed by atoms with Crippen molar-refractivity contribution >= 4 is 62.1 Å². The van der Waals surface area contributed by atoms with Crippen LogP contribution in [0.4, 0.5) is 0 Å². The highest BCUT2D eigenvalue weighted by atomic mass is 32.2. The Morgan fingerprint density at radius 2 is 1.81 bits per heavy atom. The second-order valence-electron chi connectivity index (χ2n) is 8.31. The van der Waals surface area contributed by atoms with Gasteiger partial charge in [-0.05, 0) is 62.9 Å². The van der Waals surface area contributed by atoms with Gasteiger partial charge in [0.15, 0.2) is 0 Å². The van der Waals surface area contributed by atoms with Crippen LogP contribution in [0.1, 0.15) is 53.9 Å². The molecule has 0 aliphatic heterocycles. The second kappa shape index (κ2) is 30.1. The highest BCUT2D eigenvalue weighted by Crippen LogP contribution is 2.20. The molecule has 1 N–H and O–H groups in total. The van der Waals surface area contributed by atoms with Crippen molar-refractivity contribution in [3.05, 3.63) is 42.5 Å². The second-order valence-corrected chi connectivity index (χ2v) is 11.7. The van der Waals surface area contributed by atoms with Gasteiger partial charge < -0.3 is 14.1 Å². The lowest BCUT2D eigenvalue weighted by Crippen LogP contribution is -2.36. The number of aldehydes is 1. The normalized spacial score (nSPS) is 11.5. The maximum atomic E-state index is 12.3. The summed E-state index contributed by atoms with van der Waals surface area (Å²) in [6, 6.07) is 5.42. The Balaban J connectivity index is -0.000000649. The third kappa shape index (κ3) is 22.3. The van der Waals surface area contributed by atoms with Crippen molar-refractivity contribution in [1.29, 1.82) is 0 Å². The minimum Gasteiger partial charge on any atom is -0.464 e. The summed E-state index contributed by atoms with van der Waals surface area (Å²) in [4.78, 5) is 21.9. The molecular formula is C31H52N4O4S3. The first kappa shape index (κ1) is 44.1. The standard InChI is InChI=1S/C14H16N2O4S2.C10H20N2S.C3H8.C2H6.C2H2/c1-21-10-15-6-4-12(9-17)16-22(18,19)13-2-3-14-11(8-13)5-7-20-14;1-5-10(9-13-6-2)11-7-8-12(3)4;1-3-2;2*1-2/h2-3,5,7-10,12,16H,4,6H2,1H3;6H,2,5,7-9H2,1,3-4H3;3H2,1-2H3;1-2H3;1-2H. The van der Waals surface area contributed by atoms with Crippen LogP contribution in [0.5, 0.6) is 0 Å². The van der Waals surface area contributed by atoms with Gasteiger partial charge in [0.25, 0.3) is 0 Å². The highest BCUT2D eigenvalue weighted by molar-refractivity contribution is 8.11. The highest BCUT2D eigenvalue weighted by Gasteiger charge is 2.20. The van der Waals surface area contributed by atoms with E-state index in [4.69, 9.17) is 4.42 Å². The molecule has 1 unspecified atom stereocenters. The van der Waals surface area contributed by atoms with Gasteiger partial charge in [-0.1, -0.05) is 47.6 Å². The van der Waals surface area contributed by atoms with Crippen molar-refractivity contribution in [2.45, 2.75) is 64.8 Å². The van der Waals surface area contributed by atoms with Crippen LogP contribution in [-0.4, -0.2) is 82.6 Å². The number of fused-ring (bicyclic) bond motifs is 1. The van der Waals surface area contributed by atoms with Crippen LogP contribution >= 0.6 is 23.5 Å². The van der Waals surface area contributed by atoms with Gasteiger partial charge in [-0.25, -0.2) is 13.1 Å². The number of carbonyl (C=O) groups excluding carboxylic acids is 1. The molecule has 8 nitrogen and oxygen atoms in total. The molecule has 0 fully saturated rings. The van der Waals surface area contributed by atoms with Crippen molar-refractivity contribution in [2.75, 3.05) is 45.7 Å². The zero-order valence-electron chi connectivity index (χ0n) is 26.7. The number of thioether (sulfide) groups is 2. The van der Waals surface area contributed by atoms with Crippen molar-refractivity contribution < 1.29 is 17.6 Å². The van der Waals surface area contributed by atoms with Crippen molar-refractivity contribution in [2.24, 2.45) is 9.98 Å². The van der Waals surface area contributed by atoms with Crippen LogP contribution < -0.4 is 4.72 Å². The number of terminal acetylenes is 1. The molecule has 0 aliphatic rings. The lowest BCUT2D eigenvalue weighted by atomic mass is 10.2. The number of carbonyl (C=O) groups is 1. The van der Waals surface area contributed by atoms with E-state index < -0.39 is 16.1 Å². The molecule has 1 heterocycles. The zero-order chi connectivity index (χ0) is 32.8. The quantitative estimate of drug-likeness (QED) is 0.0965.